The van der Waals surface area contributed by atoms with Gasteiger partial charge in [-0.25, -0.2) is 4.79 Å². The normalized spacial score (nSPS) is 23.1. The molecule has 1 spiro atoms. The standard InChI is InChI=1S/C15H25NO2/c1-12-6-5-7-15(12)8-10-16(11-9-15)13(17)18-14(2,3)4/h6H,5,7-11H2,1-4H3. The zero-order valence-corrected chi connectivity index (χ0v) is 12.1. The molecule has 0 radical (unpaired) electrons. The van der Waals surface area contributed by atoms with E-state index < -0.39 is 5.60 Å². The van der Waals surface area contributed by atoms with E-state index in [9.17, 15) is 4.79 Å². The highest BCUT2D eigenvalue weighted by atomic mass is 16.6. The highest BCUT2D eigenvalue weighted by Gasteiger charge is 2.39. The van der Waals surface area contributed by atoms with Crippen LogP contribution in [0.15, 0.2) is 11.6 Å². The van der Waals surface area contributed by atoms with Crippen molar-refractivity contribution in [2.75, 3.05) is 13.1 Å². The molecule has 2 aliphatic rings. The van der Waals surface area contributed by atoms with Gasteiger partial charge in [0.05, 0.1) is 0 Å². The average Bonchev–Trinajstić information content (AvgIpc) is 2.59. The number of amides is 1. The molecule has 1 aliphatic heterocycles. The Morgan fingerprint density at radius 3 is 2.33 bits per heavy atom. The smallest absolute Gasteiger partial charge is 0.410 e. The molecule has 0 saturated carbocycles. The first-order valence-electron chi connectivity index (χ1n) is 6.98. The highest BCUT2D eigenvalue weighted by molar-refractivity contribution is 5.68. The lowest BCUT2D eigenvalue weighted by Crippen LogP contribution is -2.45. The molecule has 0 aromatic rings. The fourth-order valence-electron chi connectivity index (χ4n) is 3.07. The van der Waals surface area contributed by atoms with Gasteiger partial charge >= 0.3 is 6.09 Å². The van der Waals surface area contributed by atoms with E-state index >= 15 is 0 Å². The Morgan fingerprint density at radius 2 is 1.89 bits per heavy atom. The van der Waals surface area contributed by atoms with Crippen molar-refractivity contribution < 1.29 is 9.53 Å². The van der Waals surface area contributed by atoms with Gasteiger partial charge in [-0.1, -0.05) is 11.6 Å². The zero-order valence-electron chi connectivity index (χ0n) is 12.1. The van der Waals surface area contributed by atoms with Gasteiger partial charge in [0, 0.05) is 13.1 Å². The fraction of sp³-hybridized carbons (Fsp3) is 0.800. The van der Waals surface area contributed by atoms with Crippen molar-refractivity contribution in [3.63, 3.8) is 0 Å². The van der Waals surface area contributed by atoms with Gasteiger partial charge in [-0.05, 0) is 58.8 Å². The third-order valence-corrected chi connectivity index (χ3v) is 4.28. The molecule has 102 valence electrons. The summed E-state index contributed by atoms with van der Waals surface area (Å²) in [6, 6.07) is 0. The van der Waals surface area contributed by atoms with Crippen LogP contribution in [0.3, 0.4) is 0 Å². The van der Waals surface area contributed by atoms with Crippen LogP contribution in [0, 0.1) is 5.41 Å². The molecule has 2 rings (SSSR count). The molecule has 0 atom stereocenters. The third-order valence-electron chi connectivity index (χ3n) is 4.28. The topological polar surface area (TPSA) is 29.5 Å². The Labute approximate surface area is 110 Å². The molecular weight excluding hydrogens is 226 g/mol. The van der Waals surface area contributed by atoms with E-state index in [-0.39, 0.29) is 6.09 Å². The van der Waals surface area contributed by atoms with Crippen LogP contribution in [0.1, 0.15) is 53.4 Å². The number of likely N-dealkylation sites (tertiary alicyclic amines) is 1. The van der Waals surface area contributed by atoms with Gasteiger partial charge in [-0.15, -0.1) is 0 Å². The van der Waals surface area contributed by atoms with Crippen LogP contribution in [-0.2, 0) is 4.74 Å². The van der Waals surface area contributed by atoms with Crippen LogP contribution < -0.4 is 0 Å². The summed E-state index contributed by atoms with van der Waals surface area (Å²) < 4.78 is 5.43. The second-order valence-electron chi connectivity index (χ2n) is 6.67. The van der Waals surface area contributed by atoms with Gasteiger partial charge in [0.25, 0.3) is 0 Å². The second-order valence-corrected chi connectivity index (χ2v) is 6.67. The fourth-order valence-corrected chi connectivity index (χ4v) is 3.07. The quantitative estimate of drug-likeness (QED) is 0.614. The van der Waals surface area contributed by atoms with Crippen LogP contribution in [0.5, 0.6) is 0 Å². The number of hydrogen-bond donors (Lipinski definition) is 0. The number of ether oxygens (including phenoxy) is 1. The molecule has 3 nitrogen and oxygen atoms in total. The summed E-state index contributed by atoms with van der Waals surface area (Å²) >= 11 is 0. The summed E-state index contributed by atoms with van der Waals surface area (Å²) in [7, 11) is 0. The van der Waals surface area contributed by atoms with E-state index in [1.807, 2.05) is 25.7 Å². The van der Waals surface area contributed by atoms with E-state index in [1.54, 1.807) is 0 Å². The summed E-state index contributed by atoms with van der Waals surface area (Å²) in [5.41, 5.74) is 1.53. The van der Waals surface area contributed by atoms with Crippen molar-refractivity contribution in [1.29, 1.82) is 0 Å². The van der Waals surface area contributed by atoms with Crippen LogP contribution in [-0.4, -0.2) is 29.7 Å². The Morgan fingerprint density at radius 1 is 1.28 bits per heavy atom. The average molecular weight is 251 g/mol. The van der Waals surface area contributed by atoms with Crippen molar-refractivity contribution in [1.82, 2.24) is 4.90 Å². The molecule has 1 saturated heterocycles. The van der Waals surface area contributed by atoms with Gasteiger partial charge in [0.2, 0.25) is 0 Å². The number of hydrogen-bond acceptors (Lipinski definition) is 2. The minimum Gasteiger partial charge on any atom is -0.444 e. The molecule has 0 unspecified atom stereocenters. The van der Waals surface area contributed by atoms with E-state index in [2.05, 4.69) is 13.0 Å². The van der Waals surface area contributed by atoms with Crippen LogP contribution >= 0.6 is 0 Å². The molecule has 3 heteroatoms. The monoisotopic (exact) mass is 251 g/mol. The molecule has 1 fully saturated rings. The third kappa shape index (κ3) is 2.70. The number of nitrogens with zero attached hydrogens (tertiary/aromatic N) is 1. The van der Waals surface area contributed by atoms with Crippen molar-refractivity contribution in [2.45, 2.75) is 59.0 Å². The van der Waals surface area contributed by atoms with Crippen molar-refractivity contribution in [3.05, 3.63) is 11.6 Å². The molecule has 0 bridgehead atoms. The lowest BCUT2D eigenvalue weighted by Gasteiger charge is -2.40. The lowest BCUT2D eigenvalue weighted by molar-refractivity contribution is 0.0135. The van der Waals surface area contributed by atoms with Crippen LogP contribution in [0.25, 0.3) is 0 Å². The Balaban J connectivity index is 1.91. The summed E-state index contributed by atoms with van der Waals surface area (Å²) in [4.78, 5) is 13.9. The van der Waals surface area contributed by atoms with Gasteiger partial charge < -0.3 is 9.64 Å². The summed E-state index contributed by atoms with van der Waals surface area (Å²) in [5.74, 6) is 0. The first-order valence-corrected chi connectivity index (χ1v) is 6.98. The highest BCUT2D eigenvalue weighted by Crippen LogP contribution is 2.46. The van der Waals surface area contributed by atoms with Gasteiger partial charge in [0.15, 0.2) is 0 Å². The Hall–Kier alpha value is -0.990. The molecule has 1 heterocycles. The van der Waals surface area contributed by atoms with Crippen molar-refractivity contribution in [3.8, 4) is 0 Å². The molecule has 0 aromatic carbocycles. The molecule has 0 aromatic heterocycles. The second kappa shape index (κ2) is 4.60. The minimum atomic E-state index is -0.393. The van der Waals surface area contributed by atoms with Crippen molar-refractivity contribution >= 4 is 6.09 Å². The Kier molecular flexibility index (Phi) is 3.43. The largest absolute Gasteiger partial charge is 0.444 e. The first kappa shape index (κ1) is 13.4. The number of carbonyl (C=O) groups is 1. The van der Waals surface area contributed by atoms with E-state index in [4.69, 9.17) is 4.74 Å². The lowest BCUT2D eigenvalue weighted by atomic mass is 9.74. The maximum Gasteiger partial charge on any atom is 0.410 e. The van der Waals surface area contributed by atoms with Crippen molar-refractivity contribution in [2.24, 2.45) is 5.41 Å². The molecular formula is C15H25NO2. The number of rotatable bonds is 0. The maximum absolute atomic E-state index is 12.0. The van der Waals surface area contributed by atoms with E-state index in [1.165, 1.54) is 18.4 Å². The summed E-state index contributed by atoms with van der Waals surface area (Å²) in [6.45, 7) is 9.66. The minimum absolute atomic E-state index is 0.156. The number of allylic oxidation sites excluding steroid dienone is 2. The molecule has 18 heavy (non-hydrogen) atoms. The molecule has 0 N–H and O–H groups in total. The van der Waals surface area contributed by atoms with E-state index in [0.717, 1.165) is 25.9 Å². The predicted molar refractivity (Wildman–Crippen MR) is 72.5 cm³/mol. The van der Waals surface area contributed by atoms with Gasteiger partial charge in [0.1, 0.15) is 5.60 Å². The molecule has 1 aliphatic carbocycles. The number of piperidine rings is 1. The van der Waals surface area contributed by atoms with Crippen LogP contribution in [0.2, 0.25) is 0 Å². The van der Waals surface area contributed by atoms with E-state index in [0.29, 0.717) is 5.41 Å². The first-order chi connectivity index (χ1) is 8.32. The van der Waals surface area contributed by atoms with Crippen LogP contribution in [0.4, 0.5) is 4.79 Å². The maximum atomic E-state index is 12.0. The predicted octanol–water partition coefficient (Wildman–Crippen LogP) is 3.74. The SMILES string of the molecule is CC1=CCCC12CCN(C(=O)OC(C)(C)C)CC2. The van der Waals surface area contributed by atoms with Gasteiger partial charge in [-0.2, -0.15) is 0 Å². The molecule has 1 amide bonds. The Bertz CT molecular complexity index is 357. The van der Waals surface area contributed by atoms with Gasteiger partial charge in [-0.3, -0.25) is 0 Å². The summed E-state index contributed by atoms with van der Waals surface area (Å²) in [6.07, 6.45) is 6.86. The summed E-state index contributed by atoms with van der Waals surface area (Å²) in [5, 5.41) is 0. The number of carbonyl (C=O) groups excluding carboxylic acids is 1. The zero-order chi connectivity index (χ0) is 13.4.